The normalized spacial score (nSPS) is 39.0. The standard InChI is InChI=1S/C16H13Cl2NO2S/c1-15-3-4-16(2,22-15)12-11(15)13(20)19(14(12)21)10-6-8(17)5-9(18)7-10/h3-7,11-12H,1-2H3. The molecule has 4 unspecified atom stereocenters. The summed E-state index contributed by atoms with van der Waals surface area (Å²) >= 11 is 13.7. The molecule has 114 valence electrons. The van der Waals surface area contributed by atoms with Gasteiger partial charge in [-0.3, -0.25) is 9.59 Å². The fraction of sp³-hybridized carbons (Fsp3) is 0.375. The van der Waals surface area contributed by atoms with Gasteiger partial charge in [-0.2, -0.15) is 0 Å². The Morgan fingerprint density at radius 2 is 1.41 bits per heavy atom. The van der Waals surface area contributed by atoms with E-state index in [9.17, 15) is 9.59 Å². The molecule has 2 bridgehead atoms. The van der Waals surface area contributed by atoms with Gasteiger partial charge in [0.25, 0.3) is 0 Å². The molecule has 3 aliphatic heterocycles. The number of halogens is 2. The van der Waals surface area contributed by atoms with Crippen LogP contribution in [0.5, 0.6) is 0 Å². The van der Waals surface area contributed by atoms with Crippen LogP contribution in [-0.4, -0.2) is 21.3 Å². The molecule has 22 heavy (non-hydrogen) atoms. The largest absolute Gasteiger partial charge is 0.274 e. The van der Waals surface area contributed by atoms with E-state index in [0.717, 1.165) is 0 Å². The van der Waals surface area contributed by atoms with Crippen LogP contribution in [-0.2, 0) is 9.59 Å². The van der Waals surface area contributed by atoms with Crippen LogP contribution in [0.1, 0.15) is 13.8 Å². The summed E-state index contributed by atoms with van der Waals surface area (Å²) in [4.78, 5) is 27.1. The molecule has 0 spiro atoms. The second-order valence-electron chi connectivity index (χ2n) is 6.40. The average Bonchev–Trinajstić information content (AvgIpc) is 2.93. The van der Waals surface area contributed by atoms with Crippen molar-refractivity contribution in [3.8, 4) is 0 Å². The Morgan fingerprint density at radius 1 is 0.955 bits per heavy atom. The highest BCUT2D eigenvalue weighted by Crippen LogP contribution is 2.65. The lowest BCUT2D eigenvalue weighted by molar-refractivity contribution is -0.122. The van der Waals surface area contributed by atoms with Gasteiger partial charge >= 0.3 is 0 Å². The van der Waals surface area contributed by atoms with Gasteiger partial charge in [0.2, 0.25) is 11.8 Å². The number of imide groups is 1. The number of carbonyl (C=O) groups is 2. The minimum atomic E-state index is -0.322. The Labute approximate surface area is 142 Å². The summed E-state index contributed by atoms with van der Waals surface area (Å²) in [6.45, 7) is 4.06. The molecule has 0 aliphatic carbocycles. The summed E-state index contributed by atoms with van der Waals surface area (Å²) in [5.41, 5.74) is 0.457. The first-order valence-corrected chi connectivity index (χ1v) is 8.57. The van der Waals surface area contributed by atoms with E-state index in [4.69, 9.17) is 23.2 Å². The number of hydrogen-bond acceptors (Lipinski definition) is 3. The van der Waals surface area contributed by atoms with Gasteiger partial charge in [0.05, 0.1) is 17.5 Å². The predicted molar refractivity (Wildman–Crippen MR) is 89.5 cm³/mol. The molecule has 4 atom stereocenters. The number of amides is 2. The summed E-state index contributed by atoms with van der Waals surface area (Å²) in [6.07, 6.45) is 4.14. The molecule has 0 aromatic heterocycles. The van der Waals surface area contributed by atoms with Crippen molar-refractivity contribution < 1.29 is 9.59 Å². The van der Waals surface area contributed by atoms with Gasteiger partial charge in [-0.25, -0.2) is 4.90 Å². The SMILES string of the molecule is CC12C=CC(C)(S1)C1C(=O)N(c3cc(Cl)cc(Cl)c3)C(=O)C12. The van der Waals surface area contributed by atoms with Crippen LogP contribution in [0.2, 0.25) is 10.0 Å². The van der Waals surface area contributed by atoms with Crippen molar-refractivity contribution >= 4 is 52.5 Å². The molecule has 0 N–H and O–H groups in total. The van der Waals surface area contributed by atoms with E-state index in [1.165, 1.54) is 4.90 Å². The highest BCUT2D eigenvalue weighted by Gasteiger charge is 2.69. The highest BCUT2D eigenvalue weighted by atomic mass is 35.5. The first-order valence-electron chi connectivity index (χ1n) is 7.00. The molecule has 2 amide bonds. The third-order valence-corrected chi connectivity index (χ3v) is 6.93. The van der Waals surface area contributed by atoms with Crippen LogP contribution in [0, 0.1) is 11.8 Å². The third-order valence-electron chi connectivity index (χ3n) is 4.83. The van der Waals surface area contributed by atoms with Crippen LogP contribution < -0.4 is 4.90 Å². The van der Waals surface area contributed by atoms with Crippen molar-refractivity contribution in [2.45, 2.75) is 23.3 Å². The van der Waals surface area contributed by atoms with Gasteiger partial charge in [-0.1, -0.05) is 35.4 Å². The molecule has 2 saturated heterocycles. The molecule has 2 fully saturated rings. The Bertz CT molecular complexity index is 708. The monoisotopic (exact) mass is 353 g/mol. The first-order chi connectivity index (χ1) is 10.3. The van der Waals surface area contributed by atoms with Crippen LogP contribution in [0.3, 0.4) is 0 Å². The number of fused-ring (bicyclic) bond motifs is 5. The summed E-state index contributed by atoms with van der Waals surface area (Å²) in [5.74, 6) is -0.955. The maximum atomic E-state index is 12.9. The average molecular weight is 354 g/mol. The lowest BCUT2D eigenvalue weighted by atomic mass is 9.73. The summed E-state index contributed by atoms with van der Waals surface area (Å²) < 4.78 is -0.632. The number of nitrogens with zero attached hydrogens (tertiary/aromatic N) is 1. The van der Waals surface area contributed by atoms with Gasteiger partial charge in [0, 0.05) is 19.5 Å². The molecule has 3 heterocycles. The number of thioether (sulfide) groups is 1. The quantitative estimate of drug-likeness (QED) is 0.566. The Balaban J connectivity index is 1.83. The number of carbonyl (C=O) groups excluding carboxylic acids is 2. The molecule has 3 nitrogen and oxygen atoms in total. The van der Waals surface area contributed by atoms with Crippen LogP contribution in [0.4, 0.5) is 5.69 Å². The lowest BCUT2D eigenvalue weighted by Crippen LogP contribution is -2.36. The predicted octanol–water partition coefficient (Wildman–Crippen LogP) is 3.93. The topological polar surface area (TPSA) is 37.4 Å². The second kappa shape index (κ2) is 4.31. The molecular weight excluding hydrogens is 341 g/mol. The van der Waals surface area contributed by atoms with Crippen LogP contribution >= 0.6 is 35.0 Å². The van der Waals surface area contributed by atoms with E-state index >= 15 is 0 Å². The molecule has 3 aliphatic rings. The van der Waals surface area contributed by atoms with E-state index in [1.807, 2.05) is 13.8 Å². The van der Waals surface area contributed by atoms with E-state index in [0.29, 0.717) is 15.7 Å². The van der Waals surface area contributed by atoms with Gasteiger partial charge in [0.15, 0.2) is 0 Å². The molecular formula is C16H13Cl2NO2S. The number of anilines is 1. The molecule has 1 aromatic rings. The maximum absolute atomic E-state index is 12.9. The molecule has 0 radical (unpaired) electrons. The number of rotatable bonds is 1. The molecule has 1 aromatic carbocycles. The zero-order valence-electron chi connectivity index (χ0n) is 12.0. The van der Waals surface area contributed by atoms with Crippen molar-refractivity contribution in [2.24, 2.45) is 11.8 Å². The van der Waals surface area contributed by atoms with Crippen molar-refractivity contribution in [1.82, 2.24) is 0 Å². The van der Waals surface area contributed by atoms with E-state index in [-0.39, 0.29) is 33.1 Å². The maximum Gasteiger partial charge on any atom is 0.239 e. The Kier molecular flexibility index (Phi) is 2.86. The minimum Gasteiger partial charge on any atom is -0.274 e. The molecule has 6 heteroatoms. The minimum absolute atomic E-state index is 0.156. The summed E-state index contributed by atoms with van der Waals surface area (Å²) in [6, 6.07) is 4.80. The van der Waals surface area contributed by atoms with E-state index in [2.05, 4.69) is 12.2 Å². The summed E-state index contributed by atoms with van der Waals surface area (Å²) in [7, 11) is 0. The molecule has 4 rings (SSSR count). The van der Waals surface area contributed by atoms with Gasteiger partial charge in [-0.05, 0) is 32.0 Å². The number of hydrogen-bond donors (Lipinski definition) is 0. The Morgan fingerprint density at radius 3 is 1.86 bits per heavy atom. The van der Waals surface area contributed by atoms with E-state index < -0.39 is 0 Å². The highest BCUT2D eigenvalue weighted by molar-refractivity contribution is 8.03. The van der Waals surface area contributed by atoms with Gasteiger partial charge in [-0.15, -0.1) is 11.8 Å². The number of benzene rings is 1. The lowest BCUT2D eigenvalue weighted by Gasteiger charge is -2.24. The fourth-order valence-corrected chi connectivity index (χ4v) is 6.42. The van der Waals surface area contributed by atoms with Gasteiger partial charge in [0.1, 0.15) is 0 Å². The van der Waals surface area contributed by atoms with Crippen molar-refractivity contribution in [3.63, 3.8) is 0 Å². The summed E-state index contributed by atoms with van der Waals surface area (Å²) in [5, 5.41) is 0.820. The van der Waals surface area contributed by atoms with Crippen molar-refractivity contribution in [2.75, 3.05) is 4.90 Å². The zero-order valence-corrected chi connectivity index (χ0v) is 14.3. The third kappa shape index (κ3) is 1.72. The fourth-order valence-electron chi connectivity index (χ4n) is 3.95. The van der Waals surface area contributed by atoms with Crippen LogP contribution in [0.15, 0.2) is 30.4 Å². The Hall–Kier alpha value is -0.970. The van der Waals surface area contributed by atoms with E-state index in [1.54, 1.807) is 30.0 Å². The second-order valence-corrected chi connectivity index (χ2v) is 9.23. The van der Waals surface area contributed by atoms with Crippen molar-refractivity contribution in [1.29, 1.82) is 0 Å². The molecule has 0 saturated carbocycles. The smallest absolute Gasteiger partial charge is 0.239 e. The first kappa shape index (κ1) is 14.6. The van der Waals surface area contributed by atoms with Crippen molar-refractivity contribution in [3.05, 3.63) is 40.4 Å². The van der Waals surface area contributed by atoms with Crippen LogP contribution in [0.25, 0.3) is 0 Å². The zero-order chi connectivity index (χ0) is 15.9. The van der Waals surface area contributed by atoms with Gasteiger partial charge < -0.3 is 0 Å².